The lowest BCUT2D eigenvalue weighted by Gasteiger charge is -2.49. The maximum absolute atomic E-state index is 12.8. The number of hydrogen-bond acceptors (Lipinski definition) is 10. The highest BCUT2D eigenvalue weighted by Gasteiger charge is 2.54. The fourth-order valence-corrected chi connectivity index (χ4v) is 5.85. The summed E-state index contributed by atoms with van der Waals surface area (Å²) in [5.41, 5.74) is 0.620. The third kappa shape index (κ3) is 4.62. The number of nitrogens with one attached hydrogen (secondary N) is 1. The minimum Gasteiger partial charge on any atom is -0.480 e. The normalized spacial score (nSPS) is 20.4. The zero-order valence-corrected chi connectivity index (χ0v) is 18.9. The molecule has 4 rings (SSSR count). The topological polar surface area (TPSA) is 188 Å². The average Bonchev–Trinajstić information content (AvgIpc) is 3.26. The Bertz CT molecular complexity index is 1170. The van der Waals surface area contributed by atoms with Gasteiger partial charge in [-0.1, -0.05) is 42.1 Å². The number of hydrogen-bond donors (Lipinski definition) is 4. The van der Waals surface area contributed by atoms with Crippen molar-refractivity contribution in [2.75, 3.05) is 11.5 Å². The first-order valence-electron chi connectivity index (χ1n) is 9.82. The molecule has 2 aromatic rings. The number of aliphatic hydroxyl groups excluding tert-OH is 1. The minimum absolute atomic E-state index is 0.120. The van der Waals surface area contributed by atoms with Gasteiger partial charge in [-0.15, -0.1) is 16.9 Å². The predicted octanol–water partition coefficient (Wildman–Crippen LogP) is -0.678. The van der Waals surface area contributed by atoms with Gasteiger partial charge in [-0.2, -0.15) is 0 Å². The number of rotatable bonds is 9. The number of carbonyl (C=O) groups excluding carboxylic acids is 2. The van der Waals surface area contributed by atoms with Crippen molar-refractivity contribution in [3.8, 4) is 0 Å². The zero-order valence-electron chi connectivity index (χ0n) is 17.3. The monoisotopic (exact) mass is 506 g/mol. The van der Waals surface area contributed by atoms with Crippen molar-refractivity contribution in [1.29, 1.82) is 0 Å². The Balaban J connectivity index is 1.45. The maximum Gasteiger partial charge on any atom is 0.352 e. The quantitative estimate of drug-likeness (QED) is 0.248. The highest BCUT2D eigenvalue weighted by atomic mass is 32.2. The minimum atomic E-state index is -1.46. The predicted molar refractivity (Wildman–Crippen MR) is 117 cm³/mol. The summed E-state index contributed by atoms with van der Waals surface area (Å²) < 4.78 is 1.07. The average molecular weight is 507 g/mol. The Morgan fingerprint density at radius 3 is 2.65 bits per heavy atom. The Morgan fingerprint density at radius 2 is 1.97 bits per heavy atom. The molecule has 1 fully saturated rings. The number of carboxylic acids is 2. The van der Waals surface area contributed by atoms with E-state index in [1.165, 1.54) is 11.8 Å². The van der Waals surface area contributed by atoms with E-state index >= 15 is 0 Å². The lowest BCUT2D eigenvalue weighted by molar-refractivity contribution is -0.151. The van der Waals surface area contributed by atoms with Crippen molar-refractivity contribution in [2.45, 2.75) is 29.2 Å². The molecule has 0 bridgehead atoms. The van der Waals surface area contributed by atoms with Gasteiger partial charge in [0.15, 0.2) is 6.10 Å². The summed E-state index contributed by atoms with van der Waals surface area (Å²) in [6.45, 7) is -0.447. The second-order valence-corrected chi connectivity index (χ2v) is 9.32. The van der Waals surface area contributed by atoms with E-state index in [-0.39, 0.29) is 22.4 Å². The van der Waals surface area contributed by atoms with E-state index in [0.29, 0.717) is 11.1 Å². The number of carbonyl (C=O) groups is 4. The number of β-lactam (4-membered cyclic amide) rings is 1. The molecule has 1 unspecified atom stereocenters. The molecular formula is C19H18N6O7S2. The van der Waals surface area contributed by atoms with Gasteiger partial charge in [0.05, 0.1) is 0 Å². The Hall–Kier alpha value is -3.43. The van der Waals surface area contributed by atoms with Gasteiger partial charge < -0.3 is 20.6 Å². The first-order chi connectivity index (χ1) is 16.3. The highest BCUT2D eigenvalue weighted by molar-refractivity contribution is 8.01. The lowest BCUT2D eigenvalue weighted by Crippen LogP contribution is -2.70. The van der Waals surface area contributed by atoms with Gasteiger partial charge in [0, 0.05) is 11.5 Å². The summed E-state index contributed by atoms with van der Waals surface area (Å²) in [5, 5.41) is 41.8. The summed E-state index contributed by atoms with van der Waals surface area (Å²) in [7, 11) is 0. The van der Waals surface area contributed by atoms with Crippen molar-refractivity contribution < 1.29 is 34.5 Å². The third-order valence-electron chi connectivity index (χ3n) is 5.07. The summed E-state index contributed by atoms with van der Waals surface area (Å²) in [6.07, 6.45) is -1.46. The van der Waals surface area contributed by atoms with Crippen LogP contribution in [0.5, 0.6) is 0 Å². The summed E-state index contributed by atoms with van der Waals surface area (Å²) in [6, 6.07) is 7.27. The zero-order chi connectivity index (χ0) is 24.4. The number of aliphatic hydroxyl groups is 1. The van der Waals surface area contributed by atoms with E-state index in [9.17, 15) is 29.4 Å². The largest absolute Gasteiger partial charge is 0.480 e. The highest BCUT2D eigenvalue weighted by Crippen LogP contribution is 2.41. The number of fused-ring (bicyclic) bond motifs is 1. The molecule has 2 aliphatic rings. The van der Waals surface area contributed by atoms with Gasteiger partial charge in [0.1, 0.15) is 23.7 Å². The molecule has 0 saturated carbocycles. The van der Waals surface area contributed by atoms with Crippen LogP contribution in [0.3, 0.4) is 0 Å². The first kappa shape index (κ1) is 23.7. The Morgan fingerprint density at radius 1 is 1.24 bits per heavy atom. The number of carboxylic acid groups (broad SMARTS) is 2. The summed E-state index contributed by atoms with van der Waals surface area (Å²) in [5.74, 6) is -3.40. The number of amides is 2. The van der Waals surface area contributed by atoms with Crippen molar-refractivity contribution in [3.05, 3.63) is 47.2 Å². The van der Waals surface area contributed by atoms with E-state index < -0.39 is 47.8 Å². The number of benzene rings is 1. The van der Waals surface area contributed by atoms with Crippen LogP contribution >= 0.6 is 23.5 Å². The molecule has 1 aromatic heterocycles. The molecule has 0 aliphatic carbocycles. The molecule has 4 N–H and O–H groups in total. The molecule has 15 heteroatoms. The van der Waals surface area contributed by atoms with Crippen LogP contribution in [0.4, 0.5) is 0 Å². The van der Waals surface area contributed by atoms with E-state index in [4.69, 9.17) is 5.11 Å². The molecule has 1 aromatic carbocycles. The first-order valence-corrected chi connectivity index (χ1v) is 11.9. The fraction of sp³-hybridized carbons (Fsp3) is 0.316. The van der Waals surface area contributed by atoms with Gasteiger partial charge in [-0.05, 0) is 21.6 Å². The van der Waals surface area contributed by atoms with Crippen LogP contribution in [0.2, 0.25) is 0 Å². The van der Waals surface area contributed by atoms with E-state index in [0.717, 1.165) is 21.3 Å². The fourth-order valence-electron chi connectivity index (χ4n) is 3.49. The molecule has 0 spiro atoms. The SMILES string of the molecule is O=C(O)Cn1nnnc1SCC1=C(C(=O)O)N2C(=O)C(NC(=O)[C@H](O)c3ccccc3)[C@H]2SC1. The second kappa shape index (κ2) is 9.82. The van der Waals surface area contributed by atoms with Crippen LogP contribution in [0, 0.1) is 0 Å². The van der Waals surface area contributed by atoms with Crippen LogP contribution in [-0.4, -0.2) is 87.1 Å². The molecule has 2 amide bonds. The van der Waals surface area contributed by atoms with Crippen molar-refractivity contribution in [2.24, 2.45) is 0 Å². The van der Waals surface area contributed by atoms with Crippen LogP contribution in [0.25, 0.3) is 0 Å². The summed E-state index contributed by atoms with van der Waals surface area (Å²) in [4.78, 5) is 49.2. The maximum atomic E-state index is 12.8. The number of nitrogens with zero attached hydrogens (tertiary/aromatic N) is 5. The van der Waals surface area contributed by atoms with Crippen molar-refractivity contribution in [1.82, 2.24) is 30.4 Å². The van der Waals surface area contributed by atoms with E-state index in [2.05, 4.69) is 20.8 Å². The summed E-state index contributed by atoms with van der Waals surface area (Å²) >= 11 is 2.33. The lowest BCUT2D eigenvalue weighted by atomic mass is 10.0. The molecule has 2 aliphatic heterocycles. The number of thioether (sulfide) groups is 2. The molecule has 34 heavy (non-hydrogen) atoms. The third-order valence-corrected chi connectivity index (χ3v) is 7.45. The van der Waals surface area contributed by atoms with Crippen LogP contribution in [0.15, 0.2) is 46.8 Å². The number of aromatic nitrogens is 4. The van der Waals surface area contributed by atoms with E-state index in [1.807, 2.05) is 0 Å². The van der Waals surface area contributed by atoms with Gasteiger partial charge in [0.25, 0.3) is 11.8 Å². The van der Waals surface area contributed by atoms with Gasteiger partial charge in [-0.25, -0.2) is 9.48 Å². The standard InChI is InChI=1S/C19H18N6O7S2/c26-11(27)6-24-19(21-22-23-24)34-8-10-7-33-17-12(16(30)25(17)13(10)18(31)32)20-15(29)14(28)9-4-2-1-3-5-9/h1-5,12,14,17,28H,6-8H2,(H,20,29)(H,26,27)(H,31,32)/t12?,14-,17-/m1/s1. The molecule has 1 saturated heterocycles. The van der Waals surface area contributed by atoms with Gasteiger partial charge >= 0.3 is 11.9 Å². The number of tetrazole rings is 1. The molecule has 178 valence electrons. The second-order valence-electron chi connectivity index (χ2n) is 7.27. The number of aliphatic carboxylic acids is 2. The van der Waals surface area contributed by atoms with Crippen molar-refractivity contribution >= 4 is 47.3 Å². The Labute approximate surface area is 200 Å². The molecule has 3 atom stereocenters. The smallest absolute Gasteiger partial charge is 0.352 e. The van der Waals surface area contributed by atoms with Crippen LogP contribution < -0.4 is 5.32 Å². The van der Waals surface area contributed by atoms with Gasteiger partial charge in [0.2, 0.25) is 5.16 Å². The van der Waals surface area contributed by atoms with Crippen LogP contribution in [-0.2, 0) is 25.7 Å². The molecule has 13 nitrogen and oxygen atoms in total. The molecular weight excluding hydrogens is 488 g/mol. The molecule has 0 radical (unpaired) electrons. The van der Waals surface area contributed by atoms with Crippen LogP contribution in [0.1, 0.15) is 11.7 Å². The Kier molecular flexibility index (Phi) is 6.85. The van der Waals surface area contributed by atoms with E-state index in [1.54, 1.807) is 30.3 Å². The van der Waals surface area contributed by atoms with Gasteiger partial charge in [-0.3, -0.25) is 19.3 Å². The van der Waals surface area contributed by atoms with Crippen molar-refractivity contribution in [3.63, 3.8) is 0 Å². The molecule has 3 heterocycles.